The fourth-order valence-electron chi connectivity index (χ4n) is 2.36. The van der Waals surface area contributed by atoms with Gasteiger partial charge in [0.25, 0.3) is 0 Å². The average molecular weight is 308 g/mol. The van der Waals surface area contributed by atoms with Crippen LogP contribution in [0.15, 0.2) is 0 Å². The van der Waals surface area contributed by atoms with Crippen molar-refractivity contribution in [3.05, 3.63) is 0 Å². The van der Waals surface area contributed by atoms with Gasteiger partial charge in [-0.1, -0.05) is 78.1 Å². The first kappa shape index (κ1) is 19.9. The minimum absolute atomic E-state index is 0.354. The molecule has 0 fully saturated rings. The van der Waals surface area contributed by atoms with E-state index in [0.717, 1.165) is 51.4 Å². The molecule has 5 heteroatoms. The minimum atomic E-state index is -4.32. The Hall–Kier alpha value is -0.130. The molecule has 0 spiro atoms. The Morgan fingerprint density at radius 1 is 0.800 bits per heavy atom. The summed E-state index contributed by atoms with van der Waals surface area (Å²) < 4.78 is 35.3. The normalized spacial score (nSPS) is 13.6. The zero-order chi connectivity index (χ0) is 15.3. The minimum Gasteiger partial charge on any atom is -0.264 e. The molecule has 0 heterocycles. The zero-order valence-corrected chi connectivity index (χ0v) is 14.0. The molecular weight excluding hydrogens is 276 g/mol. The monoisotopic (exact) mass is 308 g/mol. The first-order valence-corrected chi connectivity index (χ1v) is 9.51. The molecule has 0 saturated heterocycles. The van der Waals surface area contributed by atoms with Crippen molar-refractivity contribution in [3.63, 3.8) is 0 Å². The molecule has 0 saturated carbocycles. The molecule has 0 aromatic rings. The third-order valence-corrected chi connectivity index (χ3v) is 4.03. The number of unbranched alkanes of at least 4 members (excludes halogenated alkanes) is 8. The van der Waals surface area contributed by atoms with Crippen molar-refractivity contribution in [3.8, 4) is 0 Å². The van der Waals surface area contributed by atoms with Crippen molar-refractivity contribution in [1.29, 1.82) is 0 Å². The van der Waals surface area contributed by atoms with E-state index in [4.69, 9.17) is 8.74 Å². The molecule has 0 amide bonds. The van der Waals surface area contributed by atoms with Crippen molar-refractivity contribution in [2.24, 2.45) is 0 Å². The smallest absolute Gasteiger partial charge is 0.264 e. The largest absolute Gasteiger partial charge is 0.397 e. The SMILES string of the molecule is CCCCCCCCC(CCCCCC)OS(=O)(=O)O. The summed E-state index contributed by atoms with van der Waals surface area (Å²) in [6.45, 7) is 4.33. The molecule has 4 nitrogen and oxygen atoms in total. The second-order valence-electron chi connectivity index (χ2n) is 5.55. The van der Waals surface area contributed by atoms with Gasteiger partial charge >= 0.3 is 10.4 Å². The maximum absolute atomic E-state index is 10.8. The van der Waals surface area contributed by atoms with E-state index in [0.29, 0.717) is 0 Å². The Morgan fingerprint density at radius 3 is 1.65 bits per heavy atom. The molecule has 0 aliphatic carbocycles. The lowest BCUT2D eigenvalue weighted by atomic mass is 10.0. The van der Waals surface area contributed by atoms with Gasteiger partial charge in [0, 0.05) is 0 Å². The van der Waals surface area contributed by atoms with Crippen LogP contribution in [0.4, 0.5) is 0 Å². The molecular formula is C15H32O4S. The number of hydrogen-bond acceptors (Lipinski definition) is 3. The summed E-state index contributed by atoms with van der Waals surface area (Å²) >= 11 is 0. The molecule has 0 radical (unpaired) electrons. The first-order valence-electron chi connectivity index (χ1n) is 8.15. The zero-order valence-electron chi connectivity index (χ0n) is 13.1. The van der Waals surface area contributed by atoms with E-state index in [1.54, 1.807) is 0 Å². The van der Waals surface area contributed by atoms with Gasteiger partial charge in [0.1, 0.15) is 0 Å². The summed E-state index contributed by atoms with van der Waals surface area (Å²) in [5.74, 6) is 0. The molecule has 0 aromatic heterocycles. The predicted octanol–water partition coefficient (Wildman–Crippen LogP) is 4.90. The van der Waals surface area contributed by atoms with E-state index in [9.17, 15) is 8.42 Å². The maximum atomic E-state index is 10.8. The van der Waals surface area contributed by atoms with Crippen LogP contribution in [0.3, 0.4) is 0 Å². The second-order valence-corrected chi connectivity index (χ2v) is 6.60. The van der Waals surface area contributed by atoms with Crippen molar-refractivity contribution < 1.29 is 17.2 Å². The molecule has 0 aliphatic rings. The van der Waals surface area contributed by atoms with Crippen LogP contribution in [0, 0.1) is 0 Å². The number of rotatable bonds is 14. The van der Waals surface area contributed by atoms with E-state index in [-0.39, 0.29) is 6.10 Å². The van der Waals surface area contributed by atoms with Gasteiger partial charge in [0.05, 0.1) is 6.10 Å². The van der Waals surface area contributed by atoms with Crippen LogP contribution in [-0.4, -0.2) is 19.1 Å². The lowest BCUT2D eigenvalue weighted by Crippen LogP contribution is -2.18. The molecule has 0 aromatic carbocycles. The van der Waals surface area contributed by atoms with Crippen LogP contribution in [0.1, 0.15) is 90.9 Å². The van der Waals surface area contributed by atoms with Gasteiger partial charge in [-0.15, -0.1) is 0 Å². The van der Waals surface area contributed by atoms with Crippen LogP contribution < -0.4 is 0 Å². The fourth-order valence-corrected chi connectivity index (χ4v) is 2.90. The standard InChI is InChI=1S/C15H32O4S/c1-3-5-7-9-10-12-14-15(19-20(16,17)18)13-11-8-6-4-2/h15H,3-14H2,1-2H3,(H,16,17,18). The van der Waals surface area contributed by atoms with Gasteiger partial charge in [0.15, 0.2) is 0 Å². The van der Waals surface area contributed by atoms with E-state index in [2.05, 4.69) is 13.8 Å². The molecule has 20 heavy (non-hydrogen) atoms. The summed E-state index contributed by atoms with van der Waals surface area (Å²) in [4.78, 5) is 0. The topological polar surface area (TPSA) is 63.6 Å². The van der Waals surface area contributed by atoms with E-state index >= 15 is 0 Å². The molecule has 1 unspecified atom stereocenters. The van der Waals surface area contributed by atoms with Gasteiger partial charge in [-0.2, -0.15) is 8.42 Å². The van der Waals surface area contributed by atoms with Gasteiger partial charge in [-0.25, -0.2) is 4.18 Å². The summed E-state index contributed by atoms with van der Waals surface area (Å²) in [7, 11) is -4.32. The Labute approximate surface area is 125 Å². The highest BCUT2D eigenvalue weighted by molar-refractivity contribution is 7.80. The van der Waals surface area contributed by atoms with Gasteiger partial charge in [0.2, 0.25) is 0 Å². The molecule has 0 aliphatic heterocycles. The van der Waals surface area contributed by atoms with Crippen LogP contribution >= 0.6 is 0 Å². The lowest BCUT2D eigenvalue weighted by molar-refractivity contribution is 0.157. The quantitative estimate of drug-likeness (QED) is 0.366. The van der Waals surface area contributed by atoms with Crippen molar-refractivity contribution in [2.45, 2.75) is 97.0 Å². The third kappa shape index (κ3) is 14.3. The summed E-state index contributed by atoms with van der Waals surface area (Å²) in [5, 5.41) is 0. The first-order chi connectivity index (χ1) is 9.49. The Bertz CT molecular complexity index is 301. The van der Waals surface area contributed by atoms with Crippen LogP contribution in [0.5, 0.6) is 0 Å². The Kier molecular flexibility index (Phi) is 12.5. The van der Waals surface area contributed by atoms with Crippen LogP contribution in [0.2, 0.25) is 0 Å². The van der Waals surface area contributed by atoms with Crippen LogP contribution in [0.25, 0.3) is 0 Å². The second kappa shape index (κ2) is 12.6. The van der Waals surface area contributed by atoms with E-state index in [1.165, 1.54) is 25.7 Å². The summed E-state index contributed by atoms with van der Waals surface area (Å²) in [6, 6.07) is 0. The predicted molar refractivity (Wildman–Crippen MR) is 83.2 cm³/mol. The van der Waals surface area contributed by atoms with Crippen molar-refractivity contribution in [1.82, 2.24) is 0 Å². The lowest BCUT2D eigenvalue weighted by Gasteiger charge is -2.15. The van der Waals surface area contributed by atoms with E-state index < -0.39 is 10.4 Å². The third-order valence-electron chi connectivity index (χ3n) is 3.52. The van der Waals surface area contributed by atoms with Gasteiger partial charge in [-0.3, -0.25) is 4.55 Å². The maximum Gasteiger partial charge on any atom is 0.397 e. The van der Waals surface area contributed by atoms with Crippen LogP contribution in [-0.2, 0) is 14.6 Å². The fraction of sp³-hybridized carbons (Fsp3) is 1.00. The van der Waals surface area contributed by atoms with Crippen molar-refractivity contribution in [2.75, 3.05) is 0 Å². The number of hydrogen-bond donors (Lipinski definition) is 1. The van der Waals surface area contributed by atoms with Gasteiger partial charge < -0.3 is 0 Å². The van der Waals surface area contributed by atoms with Crippen molar-refractivity contribution >= 4 is 10.4 Å². The summed E-state index contributed by atoms with van der Waals surface area (Å²) in [5.41, 5.74) is 0. The summed E-state index contributed by atoms with van der Waals surface area (Å²) in [6.07, 6.45) is 12.5. The molecule has 0 rings (SSSR count). The van der Waals surface area contributed by atoms with Gasteiger partial charge in [-0.05, 0) is 12.8 Å². The highest BCUT2D eigenvalue weighted by Gasteiger charge is 2.16. The average Bonchev–Trinajstić information content (AvgIpc) is 2.36. The molecule has 0 bridgehead atoms. The molecule has 1 N–H and O–H groups in total. The molecule has 122 valence electrons. The highest BCUT2D eigenvalue weighted by atomic mass is 32.3. The Balaban J connectivity index is 3.86. The Morgan fingerprint density at radius 2 is 1.20 bits per heavy atom. The van der Waals surface area contributed by atoms with E-state index in [1.807, 2.05) is 0 Å². The highest BCUT2D eigenvalue weighted by Crippen LogP contribution is 2.17. The molecule has 1 atom stereocenters.